The smallest absolute Gasteiger partial charge is 0.119 e. The normalized spacial score (nSPS) is 10.3. The van der Waals surface area contributed by atoms with Gasteiger partial charge in [0.15, 0.2) is 0 Å². The van der Waals surface area contributed by atoms with E-state index in [2.05, 4.69) is 23.4 Å². The summed E-state index contributed by atoms with van der Waals surface area (Å²) in [5, 5.41) is 0. The molecule has 0 aliphatic rings. The van der Waals surface area contributed by atoms with Crippen molar-refractivity contribution in [3.63, 3.8) is 0 Å². The van der Waals surface area contributed by atoms with E-state index >= 15 is 0 Å². The highest BCUT2D eigenvalue weighted by atomic mass is 32.2. The van der Waals surface area contributed by atoms with Crippen LogP contribution in [0.2, 0.25) is 0 Å². The fourth-order valence-electron chi connectivity index (χ4n) is 1.57. The maximum atomic E-state index is 5.71. The summed E-state index contributed by atoms with van der Waals surface area (Å²) in [6.07, 6.45) is 3.82. The fourth-order valence-corrected chi connectivity index (χ4v) is 1.98. The van der Waals surface area contributed by atoms with Crippen LogP contribution >= 0.6 is 11.8 Å². The number of pyridine rings is 1. The Morgan fingerprint density at radius 3 is 2.67 bits per heavy atom. The molecule has 0 saturated carbocycles. The van der Waals surface area contributed by atoms with Crippen LogP contribution in [0.5, 0.6) is 5.75 Å². The van der Waals surface area contributed by atoms with Gasteiger partial charge < -0.3 is 10.5 Å². The molecule has 0 radical (unpaired) electrons. The number of hydrogen-bond donors (Lipinski definition) is 1. The lowest BCUT2D eigenvalue weighted by atomic mass is 10.2. The zero-order chi connectivity index (χ0) is 12.8. The molecule has 0 unspecified atom stereocenters. The lowest BCUT2D eigenvalue weighted by molar-refractivity contribution is 0.305. The molecule has 0 aliphatic carbocycles. The van der Waals surface area contributed by atoms with Crippen molar-refractivity contribution in [3.8, 4) is 5.75 Å². The number of ether oxygens (including phenoxy) is 1. The van der Waals surface area contributed by atoms with E-state index in [0.29, 0.717) is 13.2 Å². The first-order valence-electron chi connectivity index (χ1n) is 5.72. The van der Waals surface area contributed by atoms with E-state index in [0.717, 1.165) is 17.0 Å². The second-order valence-electron chi connectivity index (χ2n) is 3.82. The second-order valence-corrected chi connectivity index (χ2v) is 4.70. The number of hydrogen-bond acceptors (Lipinski definition) is 4. The molecule has 94 valence electrons. The third-order valence-electron chi connectivity index (χ3n) is 2.56. The molecule has 0 aliphatic heterocycles. The molecule has 2 aromatic rings. The van der Waals surface area contributed by atoms with Crippen LogP contribution in [0.4, 0.5) is 0 Å². The first-order valence-corrected chi connectivity index (χ1v) is 6.95. The van der Waals surface area contributed by atoms with Gasteiger partial charge in [-0.25, -0.2) is 0 Å². The van der Waals surface area contributed by atoms with Gasteiger partial charge in [-0.3, -0.25) is 4.98 Å². The highest BCUT2D eigenvalue weighted by Crippen LogP contribution is 2.19. The molecule has 1 heterocycles. The third-order valence-corrected chi connectivity index (χ3v) is 3.30. The Labute approximate surface area is 111 Å². The van der Waals surface area contributed by atoms with Crippen LogP contribution in [0.25, 0.3) is 0 Å². The second kappa shape index (κ2) is 6.42. The molecule has 18 heavy (non-hydrogen) atoms. The highest BCUT2D eigenvalue weighted by molar-refractivity contribution is 7.98. The molecule has 0 amide bonds. The standard InChI is InChI=1S/C14H16N2OS/c1-18-14-4-2-13(3-5-14)17-10-11-6-7-16-12(8-11)9-15/h2-8H,9-10,15H2,1H3. The average Bonchev–Trinajstić information content (AvgIpc) is 2.46. The summed E-state index contributed by atoms with van der Waals surface area (Å²) < 4.78 is 5.71. The maximum Gasteiger partial charge on any atom is 0.119 e. The minimum absolute atomic E-state index is 0.455. The van der Waals surface area contributed by atoms with Crippen LogP contribution in [0.1, 0.15) is 11.3 Å². The number of nitrogens with zero attached hydrogens (tertiary/aromatic N) is 1. The summed E-state index contributed by atoms with van der Waals surface area (Å²) in [7, 11) is 0. The Morgan fingerprint density at radius 2 is 2.00 bits per heavy atom. The van der Waals surface area contributed by atoms with Crippen molar-refractivity contribution >= 4 is 11.8 Å². The van der Waals surface area contributed by atoms with Crippen LogP contribution in [0, 0.1) is 0 Å². The third kappa shape index (κ3) is 3.48. The van der Waals surface area contributed by atoms with Gasteiger partial charge in [-0.05, 0) is 48.2 Å². The predicted octanol–water partition coefficient (Wildman–Crippen LogP) is 2.84. The molecule has 0 atom stereocenters. The Kier molecular flexibility index (Phi) is 4.61. The van der Waals surface area contributed by atoms with Gasteiger partial charge in [0.25, 0.3) is 0 Å². The first-order chi connectivity index (χ1) is 8.81. The molecule has 0 bridgehead atoms. The predicted molar refractivity (Wildman–Crippen MR) is 74.7 cm³/mol. The van der Waals surface area contributed by atoms with E-state index in [1.165, 1.54) is 4.90 Å². The van der Waals surface area contributed by atoms with Crippen molar-refractivity contribution in [3.05, 3.63) is 53.9 Å². The molecule has 2 rings (SSSR count). The van der Waals surface area contributed by atoms with Gasteiger partial charge in [0.1, 0.15) is 12.4 Å². The monoisotopic (exact) mass is 260 g/mol. The SMILES string of the molecule is CSc1ccc(OCc2ccnc(CN)c2)cc1. The molecular weight excluding hydrogens is 244 g/mol. The van der Waals surface area contributed by atoms with Crippen molar-refractivity contribution in [2.75, 3.05) is 6.26 Å². The molecule has 0 saturated heterocycles. The number of rotatable bonds is 5. The summed E-state index contributed by atoms with van der Waals surface area (Å²) >= 11 is 1.72. The maximum absolute atomic E-state index is 5.71. The van der Waals surface area contributed by atoms with Gasteiger partial charge in [0.2, 0.25) is 0 Å². The lowest BCUT2D eigenvalue weighted by Gasteiger charge is -2.07. The number of nitrogens with two attached hydrogens (primary N) is 1. The summed E-state index contributed by atoms with van der Waals surface area (Å²) in [5.74, 6) is 0.874. The molecule has 0 fully saturated rings. The van der Waals surface area contributed by atoms with E-state index in [1.54, 1.807) is 18.0 Å². The van der Waals surface area contributed by atoms with Crippen LogP contribution in [0.3, 0.4) is 0 Å². The van der Waals surface area contributed by atoms with E-state index in [1.807, 2.05) is 24.3 Å². The van der Waals surface area contributed by atoms with Crippen molar-refractivity contribution in [1.29, 1.82) is 0 Å². The summed E-state index contributed by atoms with van der Waals surface area (Å²) in [6, 6.07) is 12.0. The van der Waals surface area contributed by atoms with Crippen LogP contribution in [-0.4, -0.2) is 11.2 Å². The molecule has 2 N–H and O–H groups in total. The highest BCUT2D eigenvalue weighted by Gasteiger charge is 1.98. The summed E-state index contributed by atoms with van der Waals surface area (Å²) in [5.41, 5.74) is 7.52. The van der Waals surface area contributed by atoms with Crippen molar-refractivity contribution in [1.82, 2.24) is 4.98 Å². The van der Waals surface area contributed by atoms with Gasteiger partial charge in [0, 0.05) is 17.6 Å². The van der Waals surface area contributed by atoms with E-state index in [-0.39, 0.29) is 0 Å². The topological polar surface area (TPSA) is 48.1 Å². The van der Waals surface area contributed by atoms with Crippen molar-refractivity contribution in [2.45, 2.75) is 18.0 Å². The minimum atomic E-state index is 0.455. The first kappa shape index (κ1) is 12.9. The van der Waals surface area contributed by atoms with Crippen LogP contribution in [-0.2, 0) is 13.2 Å². The van der Waals surface area contributed by atoms with Gasteiger partial charge in [-0.15, -0.1) is 11.8 Å². The Morgan fingerprint density at radius 1 is 1.22 bits per heavy atom. The van der Waals surface area contributed by atoms with Crippen molar-refractivity contribution in [2.24, 2.45) is 5.73 Å². The molecule has 1 aromatic heterocycles. The van der Waals surface area contributed by atoms with Crippen LogP contribution < -0.4 is 10.5 Å². The molecule has 0 spiro atoms. The molecule has 1 aromatic carbocycles. The van der Waals surface area contributed by atoms with Crippen molar-refractivity contribution < 1.29 is 4.74 Å². The Bertz CT molecular complexity index is 499. The largest absolute Gasteiger partial charge is 0.489 e. The molecule has 3 nitrogen and oxygen atoms in total. The average molecular weight is 260 g/mol. The molecular formula is C14H16N2OS. The molecule has 4 heteroatoms. The number of benzene rings is 1. The van der Waals surface area contributed by atoms with Gasteiger partial charge in [-0.2, -0.15) is 0 Å². The number of thioether (sulfide) groups is 1. The van der Waals surface area contributed by atoms with Gasteiger partial charge in [0.05, 0.1) is 5.69 Å². The Balaban J connectivity index is 1.97. The Hall–Kier alpha value is -1.52. The van der Waals surface area contributed by atoms with Gasteiger partial charge in [-0.1, -0.05) is 0 Å². The summed E-state index contributed by atoms with van der Waals surface area (Å²) in [4.78, 5) is 5.39. The van der Waals surface area contributed by atoms with E-state index < -0.39 is 0 Å². The summed E-state index contributed by atoms with van der Waals surface area (Å²) in [6.45, 7) is 0.990. The number of aromatic nitrogens is 1. The van der Waals surface area contributed by atoms with Crippen LogP contribution in [0.15, 0.2) is 47.5 Å². The fraction of sp³-hybridized carbons (Fsp3) is 0.214. The lowest BCUT2D eigenvalue weighted by Crippen LogP contribution is -2.02. The van der Waals surface area contributed by atoms with E-state index in [9.17, 15) is 0 Å². The zero-order valence-corrected chi connectivity index (χ0v) is 11.1. The quantitative estimate of drug-likeness (QED) is 0.840. The van der Waals surface area contributed by atoms with Gasteiger partial charge >= 0.3 is 0 Å². The zero-order valence-electron chi connectivity index (χ0n) is 10.3. The van der Waals surface area contributed by atoms with E-state index in [4.69, 9.17) is 10.5 Å². The minimum Gasteiger partial charge on any atom is -0.489 e.